The molecule has 1 aromatic carbocycles. The Morgan fingerprint density at radius 1 is 0.902 bits per heavy atom. The van der Waals surface area contributed by atoms with Gasteiger partial charge in [-0.15, -0.1) is 0 Å². The fourth-order valence-electron chi connectivity index (χ4n) is 13.5. The lowest BCUT2D eigenvalue weighted by Gasteiger charge is -2.72. The number of ether oxygens (including phenoxy) is 1. The zero-order valence-electron chi connectivity index (χ0n) is 33.2. The van der Waals surface area contributed by atoms with Crippen LogP contribution in [0.25, 0.3) is 0 Å². The molecule has 2 N–H and O–H groups in total. The molecule has 0 radical (unpaired) electrons. The number of aryl methyl sites for hydroxylation is 1. The lowest BCUT2D eigenvalue weighted by Crippen LogP contribution is -2.66. The fraction of sp³-hybridized carbons (Fsp3) is 0.778. The molecular weight excluding hydrogens is 656 g/mol. The van der Waals surface area contributed by atoms with Crippen LogP contribution in [0.2, 0.25) is 5.02 Å². The molecule has 6 rings (SSSR count). The van der Waals surface area contributed by atoms with Crippen LogP contribution in [0, 0.1) is 56.2 Å². The zero-order valence-corrected chi connectivity index (χ0v) is 33.9. The molecule has 0 aromatic heterocycles. The Kier molecular flexibility index (Phi) is 10.3. The van der Waals surface area contributed by atoms with Gasteiger partial charge in [0.05, 0.1) is 17.9 Å². The van der Waals surface area contributed by atoms with Gasteiger partial charge in [-0.2, -0.15) is 0 Å². The minimum Gasteiger partial charge on any atom is -0.481 e. The van der Waals surface area contributed by atoms with Gasteiger partial charge < -0.3 is 14.9 Å². The summed E-state index contributed by atoms with van der Waals surface area (Å²) in [5.74, 6) is 0.687. The van der Waals surface area contributed by atoms with Crippen molar-refractivity contribution in [3.05, 3.63) is 46.0 Å². The van der Waals surface area contributed by atoms with Crippen LogP contribution in [0.3, 0.4) is 0 Å². The van der Waals surface area contributed by atoms with Crippen LogP contribution in [-0.2, 0) is 20.7 Å². The van der Waals surface area contributed by atoms with Gasteiger partial charge in [0, 0.05) is 15.9 Å². The highest BCUT2D eigenvalue weighted by Crippen LogP contribution is 2.77. The molecule has 4 saturated carbocycles. The number of fused-ring (bicyclic) bond motifs is 7. The summed E-state index contributed by atoms with van der Waals surface area (Å²) in [6, 6.07) is 8.18. The molecule has 9 atom stereocenters. The van der Waals surface area contributed by atoms with Gasteiger partial charge in [0.25, 0.3) is 0 Å². The lowest BCUT2D eigenvalue weighted by atomic mass is 9.33. The standard InChI is InChI=1S/C45H67ClO5/c1-28(2)31-19-24-45(35(47)12-10-11-29-13-15-30(46)16-14-29)26-25-43(8)32(38(31)45)17-18-34-42(7)22-21-36(51-37(48)27-40(3,4)39(49)50)41(5,6)33(42)20-23-44(34,43)9/h13-16,28,32-36,47H,10-12,17-27H2,1-9H3,(H,49,50)/t32-,33+,34-,35-,36+,42+,43-,44-,45-/m1/s1. The molecule has 51 heavy (non-hydrogen) atoms. The molecule has 0 amide bonds. The first-order chi connectivity index (χ1) is 23.7. The molecule has 284 valence electrons. The number of hydrogen-bond acceptors (Lipinski definition) is 4. The van der Waals surface area contributed by atoms with Crippen LogP contribution in [-0.4, -0.2) is 34.4 Å². The first-order valence-corrected chi connectivity index (χ1v) is 20.7. The van der Waals surface area contributed by atoms with E-state index in [1.165, 1.54) is 31.2 Å². The summed E-state index contributed by atoms with van der Waals surface area (Å²) in [6.07, 6.45) is 13.3. The Morgan fingerprint density at radius 2 is 1.59 bits per heavy atom. The number of carboxylic acids is 1. The molecular formula is C45H67ClO5. The van der Waals surface area contributed by atoms with E-state index in [-0.39, 0.29) is 51.7 Å². The van der Waals surface area contributed by atoms with Crippen molar-refractivity contribution in [2.24, 2.45) is 56.2 Å². The van der Waals surface area contributed by atoms with Crippen LogP contribution < -0.4 is 0 Å². The molecule has 0 unspecified atom stereocenters. The number of benzene rings is 1. The molecule has 0 heterocycles. The van der Waals surface area contributed by atoms with E-state index in [0.717, 1.165) is 62.8 Å². The second-order valence-corrected chi connectivity index (χ2v) is 20.5. The van der Waals surface area contributed by atoms with Gasteiger partial charge in [-0.25, -0.2) is 0 Å². The van der Waals surface area contributed by atoms with Gasteiger partial charge in [-0.3, -0.25) is 9.59 Å². The van der Waals surface area contributed by atoms with Gasteiger partial charge in [-0.1, -0.05) is 83.3 Å². The van der Waals surface area contributed by atoms with E-state index in [4.69, 9.17) is 16.3 Å². The van der Waals surface area contributed by atoms with E-state index in [1.54, 1.807) is 25.0 Å². The fourth-order valence-corrected chi connectivity index (χ4v) is 13.6. The molecule has 1 aromatic rings. The van der Waals surface area contributed by atoms with Gasteiger partial charge >= 0.3 is 11.9 Å². The number of aliphatic hydroxyl groups is 1. The Balaban J connectivity index is 1.23. The second kappa shape index (κ2) is 13.5. The van der Waals surface area contributed by atoms with E-state index in [2.05, 4.69) is 60.6 Å². The monoisotopic (exact) mass is 722 g/mol. The number of rotatable bonds is 10. The minimum absolute atomic E-state index is 0.0901. The molecule has 5 aliphatic rings. The van der Waals surface area contributed by atoms with Gasteiger partial charge in [0.2, 0.25) is 0 Å². The summed E-state index contributed by atoms with van der Waals surface area (Å²) in [4.78, 5) is 24.8. The van der Waals surface area contributed by atoms with Crippen molar-refractivity contribution in [3.63, 3.8) is 0 Å². The van der Waals surface area contributed by atoms with E-state index in [1.807, 2.05) is 12.1 Å². The van der Waals surface area contributed by atoms with E-state index < -0.39 is 11.4 Å². The first-order valence-electron chi connectivity index (χ1n) is 20.3. The number of allylic oxidation sites excluding steroid dienone is 1. The van der Waals surface area contributed by atoms with Gasteiger partial charge in [0.1, 0.15) is 6.10 Å². The summed E-state index contributed by atoms with van der Waals surface area (Å²) in [5, 5.41) is 22.6. The number of halogens is 1. The van der Waals surface area contributed by atoms with Crippen LogP contribution in [0.1, 0.15) is 151 Å². The molecule has 0 bridgehead atoms. The quantitative estimate of drug-likeness (QED) is 0.185. The molecule has 0 spiro atoms. The van der Waals surface area contributed by atoms with Gasteiger partial charge in [-0.05, 0) is 155 Å². The Bertz CT molecular complexity index is 1520. The van der Waals surface area contributed by atoms with Crippen molar-refractivity contribution in [1.29, 1.82) is 0 Å². The third kappa shape index (κ3) is 6.24. The summed E-state index contributed by atoms with van der Waals surface area (Å²) in [6.45, 7) is 20.5. The Hall–Kier alpha value is -1.85. The molecule has 5 aliphatic carbocycles. The van der Waals surface area contributed by atoms with E-state index in [9.17, 15) is 19.8 Å². The molecule has 6 heteroatoms. The maximum absolute atomic E-state index is 13.1. The van der Waals surface area contributed by atoms with Crippen molar-refractivity contribution in [2.75, 3.05) is 0 Å². The number of aliphatic carboxylic acids is 1. The van der Waals surface area contributed by atoms with Gasteiger partial charge in [0.15, 0.2) is 0 Å². The minimum atomic E-state index is -1.14. The van der Waals surface area contributed by atoms with Crippen molar-refractivity contribution in [3.8, 4) is 0 Å². The van der Waals surface area contributed by atoms with Crippen LogP contribution >= 0.6 is 11.6 Å². The molecule has 4 fully saturated rings. The number of aliphatic hydroxyl groups excluding tert-OH is 1. The lowest BCUT2D eigenvalue weighted by molar-refractivity contribution is -0.235. The third-order valence-corrected chi connectivity index (χ3v) is 16.8. The number of esters is 1. The summed E-state index contributed by atoms with van der Waals surface area (Å²) in [7, 11) is 0. The zero-order chi connectivity index (χ0) is 37.4. The van der Waals surface area contributed by atoms with Crippen molar-refractivity contribution >= 4 is 23.5 Å². The average molecular weight is 723 g/mol. The summed E-state index contributed by atoms with van der Waals surface area (Å²) >= 11 is 6.14. The SMILES string of the molecule is CC(C)C1=C2[C@H]3CC[C@@H]4[C@@]5(C)CC[C@H](OC(=O)CC(C)(C)C(=O)O)C(C)(C)[C@@H]5CC[C@@]4(C)[C@]3(C)CC[C@@]2([C@H](O)CCCc2ccc(Cl)cc2)CC1. The Labute approximate surface area is 313 Å². The Morgan fingerprint density at radius 3 is 2.24 bits per heavy atom. The number of carbonyl (C=O) groups is 2. The predicted octanol–water partition coefficient (Wildman–Crippen LogP) is 11.2. The number of carbonyl (C=O) groups excluding carboxylic acids is 1. The smallest absolute Gasteiger partial charge is 0.309 e. The summed E-state index contributed by atoms with van der Waals surface area (Å²) < 4.78 is 6.19. The molecule has 0 aliphatic heterocycles. The normalized spacial score (nSPS) is 38.0. The van der Waals surface area contributed by atoms with Crippen molar-refractivity contribution in [1.82, 2.24) is 0 Å². The number of carboxylic acid groups (broad SMARTS) is 1. The molecule has 0 saturated heterocycles. The molecule has 5 nitrogen and oxygen atoms in total. The van der Waals surface area contributed by atoms with Crippen LogP contribution in [0.4, 0.5) is 0 Å². The maximum Gasteiger partial charge on any atom is 0.309 e. The second-order valence-electron chi connectivity index (χ2n) is 20.1. The summed E-state index contributed by atoms with van der Waals surface area (Å²) in [5.41, 5.74) is 3.71. The average Bonchev–Trinajstić information content (AvgIpc) is 3.45. The topological polar surface area (TPSA) is 83.8 Å². The van der Waals surface area contributed by atoms with Crippen molar-refractivity contribution < 1.29 is 24.5 Å². The highest BCUT2D eigenvalue weighted by Gasteiger charge is 2.70. The highest BCUT2D eigenvalue weighted by atomic mass is 35.5. The first kappa shape index (κ1) is 38.9. The van der Waals surface area contributed by atoms with Crippen LogP contribution in [0.5, 0.6) is 0 Å². The van der Waals surface area contributed by atoms with Crippen LogP contribution in [0.15, 0.2) is 35.4 Å². The largest absolute Gasteiger partial charge is 0.481 e. The van der Waals surface area contributed by atoms with E-state index in [0.29, 0.717) is 23.7 Å². The maximum atomic E-state index is 13.1. The highest BCUT2D eigenvalue weighted by molar-refractivity contribution is 6.30. The van der Waals surface area contributed by atoms with Crippen molar-refractivity contribution in [2.45, 2.75) is 164 Å². The van der Waals surface area contributed by atoms with E-state index >= 15 is 0 Å². The number of hydrogen-bond donors (Lipinski definition) is 2. The third-order valence-electron chi connectivity index (χ3n) is 16.6. The predicted molar refractivity (Wildman–Crippen MR) is 205 cm³/mol.